The Bertz CT molecular complexity index is 686. The summed E-state index contributed by atoms with van der Waals surface area (Å²) in [6.07, 6.45) is 6.03. The quantitative estimate of drug-likeness (QED) is 0.642. The van der Waals surface area contributed by atoms with Crippen LogP contribution < -0.4 is 5.32 Å². The minimum absolute atomic E-state index is 0.448. The first kappa shape index (κ1) is 19.0. The van der Waals surface area contributed by atoms with E-state index in [1.165, 1.54) is 13.0 Å². The first-order valence-electron chi connectivity index (χ1n) is 8.32. The van der Waals surface area contributed by atoms with Crippen molar-refractivity contribution in [3.05, 3.63) is 40.9 Å². The number of amides is 1. The Morgan fingerprint density at radius 1 is 1.28 bits per heavy atom. The van der Waals surface area contributed by atoms with Crippen LogP contribution in [0.2, 0.25) is 5.02 Å². The molecule has 6 heteroatoms. The minimum Gasteiger partial charge on any atom is -0.449 e. The average Bonchev–Trinajstić information content (AvgIpc) is 2.62. The molecule has 0 spiro atoms. The van der Waals surface area contributed by atoms with Gasteiger partial charge >= 0.3 is 5.97 Å². The van der Waals surface area contributed by atoms with Crippen LogP contribution >= 0.6 is 11.6 Å². The molecule has 0 bridgehead atoms. The number of carbonyl (C=O) groups is 2. The lowest BCUT2D eigenvalue weighted by Gasteiger charge is -2.32. The van der Waals surface area contributed by atoms with E-state index in [1.54, 1.807) is 30.3 Å². The third kappa shape index (κ3) is 5.61. The van der Waals surface area contributed by atoms with Crippen LogP contribution in [-0.4, -0.2) is 23.5 Å². The minimum atomic E-state index is -0.963. The molecule has 0 unspecified atom stereocenters. The zero-order chi connectivity index (χ0) is 18.3. The molecule has 0 aliphatic heterocycles. The molecule has 0 saturated heterocycles. The highest BCUT2D eigenvalue weighted by atomic mass is 35.5. The van der Waals surface area contributed by atoms with Crippen LogP contribution in [0.3, 0.4) is 0 Å². The number of nitriles is 1. The zero-order valence-electron chi connectivity index (χ0n) is 14.1. The van der Waals surface area contributed by atoms with Gasteiger partial charge in [-0.05, 0) is 43.5 Å². The second kappa shape index (κ2) is 8.68. The number of hydrogen-bond donors (Lipinski definition) is 1. The van der Waals surface area contributed by atoms with Gasteiger partial charge in [-0.15, -0.1) is 0 Å². The van der Waals surface area contributed by atoms with E-state index in [9.17, 15) is 14.9 Å². The van der Waals surface area contributed by atoms with Gasteiger partial charge < -0.3 is 10.1 Å². The average molecular weight is 361 g/mol. The summed E-state index contributed by atoms with van der Waals surface area (Å²) in [5, 5.41) is 12.8. The molecule has 5 nitrogen and oxygen atoms in total. The Hall–Kier alpha value is -2.32. The molecule has 0 aromatic heterocycles. The van der Waals surface area contributed by atoms with Crippen molar-refractivity contribution in [1.82, 2.24) is 5.32 Å². The van der Waals surface area contributed by atoms with Gasteiger partial charge in [0.2, 0.25) is 0 Å². The molecule has 25 heavy (non-hydrogen) atoms. The van der Waals surface area contributed by atoms with Crippen LogP contribution in [0, 0.1) is 11.3 Å². The largest absolute Gasteiger partial charge is 0.449 e. The summed E-state index contributed by atoms with van der Waals surface area (Å²) in [5.41, 5.74) is -0.0427. The molecule has 1 amide bonds. The summed E-state index contributed by atoms with van der Waals surface area (Å²) in [5.74, 6) is -1.07. The fourth-order valence-corrected chi connectivity index (χ4v) is 2.89. The SMILES string of the molecule is C[C@@H](OC(=O)/C=C/c1ccc(Cl)cc1)C(=O)NC1(C#N)CCCCC1. The number of rotatable bonds is 5. The topological polar surface area (TPSA) is 79.2 Å². The highest BCUT2D eigenvalue weighted by Crippen LogP contribution is 2.27. The number of esters is 1. The number of ether oxygens (including phenoxy) is 1. The van der Waals surface area contributed by atoms with Crippen molar-refractivity contribution in [3.63, 3.8) is 0 Å². The van der Waals surface area contributed by atoms with Crippen molar-refractivity contribution >= 4 is 29.6 Å². The molecule has 1 aromatic rings. The second-order valence-electron chi connectivity index (χ2n) is 6.21. The molecule has 1 atom stereocenters. The monoisotopic (exact) mass is 360 g/mol. The summed E-state index contributed by atoms with van der Waals surface area (Å²) >= 11 is 5.80. The molecular weight excluding hydrogens is 340 g/mol. The van der Waals surface area contributed by atoms with E-state index in [-0.39, 0.29) is 0 Å². The van der Waals surface area contributed by atoms with Crippen LogP contribution in [0.1, 0.15) is 44.6 Å². The van der Waals surface area contributed by atoms with Crippen LogP contribution in [0.5, 0.6) is 0 Å². The van der Waals surface area contributed by atoms with Gasteiger partial charge in [-0.2, -0.15) is 5.26 Å². The molecule has 1 aromatic carbocycles. The number of nitrogens with zero attached hydrogens (tertiary/aromatic N) is 1. The number of hydrogen-bond acceptors (Lipinski definition) is 4. The molecule has 132 valence electrons. The van der Waals surface area contributed by atoms with Crippen molar-refractivity contribution in [2.75, 3.05) is 0 Å². The van der Waals surface area contributed by atoms with Crippen molar-refractivity contribution in [2.24, 2.45) is 0 Å². The van der Waals surface area contributed by atoms with Gasteiger partial charge in [0.1, 0.15) is 5.54 Å². The lowest BCUT2D eigenvalue weighted by Crippen LogP contribution is -2.52. The Kier molecular flexibility index (Phi) is 6.60. The number of nitrogens with one attached hydrogen (secondary N) is 1. The number of carbonyl (C=O) groups excluding carboxylic acids is 2. The van der Waals surface area contributed by atoms with Gasteiger partial charge in [-0.25, -0.2) is 4.79 Å². The molecular formula is C19H21ClN2O3. The Morgan fingerprint density at radius 2 is 1.92 bits per heavy atom. The van der Waals surface area contributed by atoms with Gasteiger partial charge in [0.05, 0.1) is 6.07 Å². The molecule has 1 N–H and O–H groups in total. The highest BCUT2D eigenvalue weighted by Gasteiger charge is 2.35. The third-order valence-electron chi connectivity index (χ3n) is 4.23. The van der Waals surface area contributed by atoms with Gasteiger partial charge in [-0.3, -0.25) is 4.79 Å². The summed E-state index contributed by atoms with van der Waals surface area (Å²) in [4.78, 5) is 24.1. The summed E-state index contributed by atoms with van der Waals surface area (Å²) in [7, 11) is 0. The fraction of sp³-hybridized carbons (Fsp3) is 0.421. The predicted octanol–water partition coefficient (Wildman–Crippen LogP) is 3.63. The van der Waals surface area contributed by atoms with Crippen LogP contribution in [0.25, 0.3) is 6.08 Å². The lowest BCUT2D eigenvalue weighted by molar-refractivity contribution is -0.150. The summed E-state index contributed by atoms with van der Waals surface area (Å²) in [6, 6.07) is 9.18. The highest BCUT2D eigenvalue weighted by molar-refractivity contribution is 6.30. The molecule has 0 radical (unpaired) electrons. The number of halogens is 1. The summed E-state index contributed by atoms with van der Waals surface area (Å²) < 4.78 is 5.12. The first-order chi connectivity index (χ1) is 11.9. The smallest absolute Gasteiger partial charge is 0.331 e. The van der Waals surface area contributed by atoms with E-state index in [2.05, 4.69) is 11.4 Å². The van der Waals surface area contributed by atoms with Crippen molar-refractivity contribution in [2.45, 2.75) is 50.7 Å². The maximum absolute atomic E-state index is 12.2. The van der Waals surface area contributed by atoms with Crippen LogP contribution in [0.4, 0.5) is 0 Å². The molecule has 1 fully saturated rings. The molecule has 1 saturated carbocycles. The zero-order valence-corrected chi connectivity index (χ0v) is 14.9. The standard InChI is InChI=1S/C19H21ClN2O3/c1-14(18(24)22-19(13-21)11-3-2-4-12-19)25-17(23)10-7-15-5-8-16(20)9-6-15/h5-10,14H,2-4,11-12H2,1H3,(H,22,24)/b10-7+/t14-/m1/s1. The maximum Gasteiger partial charge on any atom is 0.331 e. The van der Waals surface area contributed by atoms with E-state index < -0.39 is 23.5 Å². The first-order valence-corrected chi connectivity index (χ1v) is 8.69. The third-order valence-corrected chi connectivity index (χ3v) is 4.48. The lowest BCUT2D eigenvalue weighted by atomic mass is 9.83. The van der Waals surface area contributed by atoms with Crippen molar-refractivity contribution in [3.8, 4) is 6.07 Å². The Morgan fingerprint density at radius 3 is 2.52 bits per heavy atom. The predicted molar refractivity (Wildman–Crippen MR) is 95.6 cm³/mol. The normalized spacial score (nSPS) is 17.5. The van der Waals surface area contributed by atoms with Crippen LogP contribution in [0.15, 0.2) is 30.3 Å². The molecule has 2 rings (SSSR count). The summed E-state index contributed by atoms with van der Waals surface area (Å²) in [6.45, 7) is 1.50. The van der Waals surface area contributed by atoms with E-state index in [0.717, 1.165) is 24.8 Å². The second-order valence-corrected chi connectivity index (χ2v) is 6.64. The van der Waals surface area contributed by atoms with Gasteiger partial charge in [0, 0.05) is 11.1 Å². The van der Waals surface area contributed by atoms with E-state index in [1.807, 2.05) is 0 Å². The van der Waals surface area contributed by atoms with Crippen molar-refractivity contribution in [1.29, 1.82) is 5.26 Å². The van der Waals surface area contributed by atoms with Crippen LogP contribution in [-0.2, 0) is 14.3 Å². The maximum atomic E-state index is 12.2. The fourth-order valence-electron chi connectivity index (χ4n) is 2.76. The Balaban J connectivity index is 1.88. The molecule has 1 aliphatic carbocycles. The van der Waals surface area contributed by atoms with Gasteiger partial charge in [0.25, 0.3) is 5.91 Å². The Labute approximate surface area is 152 Å². The molecule has 1 aliphatic rings. The number of benzene rings is 1. The van der Waals surface area contributed by atoms with Gasteiger partial charge in [0.15, 0.2) is 6.10 Å². The van der Waals surface area contributed by atoms with Crippen molar-refractivity contribution < 1.29 is 14.3 Å². The van der Waals surface area contributed by atoms with E-state index in [0.29, 0.717) is 17.9 Å². The van der Waals surface area contributed by atoms with E-state index >= 15 is 0 Å². The van der Waals surface area contributed by atoms with E-state index in [4.69, 9.17) is 16.3 Å². The van der Waals surface area contributed by atoms with Gasteiger partial charge in [-0.1, -0.05) is 43.0 Å². The molecule has 0 heterocycles.